The van der Waals surface area contributed by atoms with Crippen LogP contribution in [0.4, 0.5) is 0 Å². The number of aliphatic hydroxyl groups excluding tert-OH is 9. The molecule has 1 saturated carbocycles. The Kier molecular flexibility index (Phi) is 66.6. The molecule has 3 fully saturated rings. The highest BCUT2D eigenvalue weighted by Crippen LogP contribution is 2.49. The van der Waals surface area contributed by atoms with E-state index in [1.807, 2.05) is 0 Å². The molecular formula is C94H173O25P. The maximum Gasteiger partial charge on any atom is 0.472 e. The van der Waals surface area contributed by atoms with Gasteiger partial charge < -0.3 is 88.7 Å². The SMILES string of the molecule is CCCCCC/C=C\CCCCCCCCCC(=O)OCC(COP(=O)(O)OC1C(OC2OC(CO)C(O)C(O)C2O)C(O)C(O)C(OC(=O)CCCCCCCCCCCCCCCCC)C1OC1OC(COC(=O)CCCCCCCCC(C)CCCCCCCC)C(O)C(O)C1O)OC(=O)CCCCCCCCC/C=C\CCCCCC. The average Bonchev–Trinajstić information content (AvgIpc) is 0.753. The fourth-order valence-electron chi connectivity index (χ4n) is 16.0. The first-order valence-corrected chi connectivity index (χ1v) is 50.0. The molecular weight excluding hydrogens is 1560 g/mol. The molecule has 26 heteroatoms. The van der Waals surface area contributed by atoms with Gasteiger partial charge in [-0.3, -0.25) is 28.2 Å². The van der Waals surface area contributed by atoms with Crippen LogP contribution in [-0.2, 0) is 70.7 Å². The van der Waals surface area contributed by atoms with E-state index in [0.717, 1.165) is 161 Å². The van der Waals surface area contributed by atoms with E-state index in [1.165, 1.54) is 154 Å². The zero-order valence-electron chi connectivity index (χ0n) is 75.3. The van der Waals surface area contributed by atoms with Crippen molar-refractivity contribution in [2.45, 2.75) is 518 Å². The highest BCUT2D eigenvalue weighted by molar-refractivity contribution is 7.47. The summed E-state index contributed by atoms with van der Waals surface area (Å²) in [6.45, 7) is 7.92. The third kappa shape index (κ3) is 51.7. The van der Waals surface area contributed by atoms with Crippen LogP contribution in [0.25, 0.3) is 0 Å². The molecule has 3 aliphatic rings. The number of rotatable bonds is 78. The lowest BCUT2D eigenvalue weighted by Crippen LogP contribution is -2.70. The number of phosphoric ester groups is 1. The molecule has 0 spiro atoms. The summed E-state index contributed by atoms with van der Waals surface area (Å²) in [7, 11) is -5.81. The third-order valence-corrected chi connectivity index (χ3v) is 24.8. The van der Waals surface area contributed by atoms with Crippen LogP contribution in [-0.4, -0.2) is 205 Å². The Morgan fingerprint density at radius 2 is 0.675 bits per heavy atom. The first-order valence-electron chi connectivity index (χ1n) is 48.5. The largest absolute Gasteiger partial charge is 0.472 e. The lowest BCUT2D eigenvalue weighted by molar-refractivity contribution is -0.360. The molecule has 0 radical (unpaired) electrons. The first-order chi connectivity index (χ1) is 58.1. The summed E-state index contributed by atoms with van der Waals surface area (Å²) in [5.41, 5.74) is 0. The van der Waals surface area contributed by atoms with Crippen LogP contribution in [0.3, 0.4) is 0 Å². The predicted octanol–water partition coefficient (Wildman–Crippen LogP) is 18.4. The van der Waals surface area contributed by atoms with Crippen molar-refractivity contribution in [3.05, 3.63) is 24.3 Å². The molecule has 2 heterocycles. The maximum absolute atomic E-state index is 14.9. The van der Waals surface area contributed by atoms with Crippen molar-refractivity contribution in [1.82, 2.24) is 0 Å². The number of esters is 4. The van der Waals surface area contributed by atoms with Gasteiger partial charge in [0, 0.05) is 25.7 Å². The minimum atomic E-state index is -5.81. The Morgan fingerprint density at radius 3 is 1.08 bits per heavy atom. The predicted molar refractivity (Wildman–Crippen MR) is 467 cm³/mol. The number of unbranched alkanes of at least 4 members (excludes halogenated alkanes) is 46. The fourth-order valence-corrected chi connectivity index (χ4v) is 17.0. The quantitative estimate of drug-likeness (QED) is 0.00889. The first kappa shape index (κ1) is 111. The van der Waals surface area contributed by atoms with Crippen molar-refractivity contribution in [2.75, 3.05) is 26.4 Å². The molecule has 1 aliphatic carbocycles. The standard InChI is InChI=1S/C94H173O25P/c1-6-10-14-18-22-25-28-31-34-37-40-43-46-53-59-65-77(96)110-70-74(113-79(98)67-61-55-47-44-41-38-35-32-29-26-23-19-15-11-7-2)71-112-120(108,109)119-92-90(117-93-87(106)83(102)81(100)75(69-95)114-93)86(105)85(104)89(116-80(99)68-62-56-48-45-42-39-36-33-30-27-24-20-16-12-8-3)91(92)118-94-88(107)84(103)82(101)76(115-94)72-111-78(97)66-60-54-50-49-52-58-64-73(5)63-57-51-21-17-13-9-4/h25-26,28-29,73-76,81-95,100-107H,6-24,27,30-72H2,1-5H3,(H,108,109)/b28-25-,29-26-. The average molecular weight is 1730 g/mol. The normalized spacial score (nSPS) is 25.1. The van der Waals surface area contributed by atoms with Gasteiger partial charge in [0.2, 0.25) is 0 Å². The second kappa shape index (κ2) is 71.9. The molecule has 3 rings (SSSR count). The lowest BCUT2D eigenvalue weighted by atomic mass is 9.84. The Labute approximate surface area is 724 Å². The van der Waals surface area contributed by atoms with Crippen LogP contribution in [0.1, 0.15) is 413 Å². The molecule has 0 amide bonds. The number of carbonyl (C=O) groups excluding carboxylic acids is 4. The van der Waals surface area contributed by atoms with E-state index in [9.17, 15) is 74.6 Å². The Morgan fingerprint density at radius 1 is 0.350 bits per heavy atom. The van der Waals surface area contributed by atoms with Crippen LogP contribution in [0.2, 0.25) is 0 Å². The molecule has 2 aliphatic heterocycles. The van der Waals surface area contributed by atoms with Gasteiger partial charge >= 0.3 is 31.7 Å². The van der Waals surface area contributed by atoms with Crippen LogP contribution in [0, 0.1) is 5.92 Å². The summed E-state index contributed by atoms with van der Waals surface area (Å²) in [4.78, 5) is 66.6. The lowest BCUT2D eigenvalue weighted by Gasteiger charge is -2.50. The smallest absolute Gasteiger partial charge is 0.463 e. The monoisotopic (exact) mass is 1730 g/mol. The van der Waals surface area contributed by atoms with Crippen LogP contribution < -0.4 is 0 Å². The summed E-state index contributed by atoms with van der Waals surface area (Å²) < 4.78 is 73.6. The molecule has 704 valence electrons. The molecule has 0 aromatic heterocycles. The zero-order chi connectivity index (χ0) is 87.6. The Hall–Kier alpha value is -3.05. The van der Waals surface area contributed by atoms with Crippen molar-refractivity contribution in [1.29, 1.82) is 0 Å². The summed E-state index contributed by atoms with van der Waals surface area (Å²) in [5.74, 6) is -2.28. The molecule has 0 bridgehead atoms. The van der Waals surface area contributed by atoms with Gasteiger partial charge in [0.15, 0.2) is 24.8 Å². The number of carbonyl (C=O) groups is 4. The second-order valence-corrected chi connectivity index (χ2v) is 36.3. The van der Waals surface area contributed by atoms with Crippen LogP contribution in [0.5, 0.6) is 0 Å². The molecule has 10 N–H and O–H groups in total. The van der Waals surface area contributed by atoms with E-state index in [1.54, 1.807) is 0 Å². The molecule has 2 saturated heterocycles. The summed E-state index contributed by atoms with van der Waals surface area (Å²) in [6, 6.07) is 0. The molecule has 25 nitrogen and oxygen atoms in total. The van der Waals surface area contributed by atoms with Crippen LogP contribution in [0.15, 0.2) is 24.3 Å². The zero-order valence-corrected chi connectivity index (χ0v) is 76.2. The Balaban J connectivity index is 1.91. The van der Waals surface area contributed by atoms with E-state index < -0.39 is 162 Å². The van der Waals surface area contributed by atoms with Crippen molar-refractivity contribution in [3.8, 4) is 0 Å². The van der Waals surface area contributed by atoms with Gasteiger partial charge in [-0.2, -0.15) is 0 Å². The van der Waals surface area contributed by atoms with Gasteiger partial charge in [0.05, 0.1) is 13.2 Å². The second-order valence-electron chi connectivity index (χ2n) is 34.9. The number of ether oxygens (including phenoxy) is 8. The minimum absolute atomic E-state index is 0.0149. The van der Waals surface area contributed by atoms with Gasteiger partial charge in [-0.25, -0.2) is 4.57 Å². The van der Waals surface area contributed by atoms with Gasteiger partial charge in [0.1, 0.15) is 92.6 Å². The van der Waals surface area contributed by atoms with Gasteiger partial charge in [-0.15, -0.1) is 0 Å². The molecule has 19 unspecified atom stereocenters. The van der Waals surface area contributed by atoms with E-state index in [0.29, 0.717) is 44.4 Å². The van der Waals surface area contributed by atoms with E-state index >= 15 is 0 Å². The maximum atomic E-state index is 14.9. The van der Waals surface area contributed by atoms with Gasteiger partial charge in [0.25, 0.3) is 0 Å². The summed E-state index contributed by atoms with van der Waals surface area (Å²) >= 11 is 0. The fraction of sp³-hybridized carbons (Fsp3) is 0.915. The molecule has 0 aromatic rings. The van der Waals surface area contributed by atoms with E-state index in [4.69, 9.17) is 46.9 Å². The number of aliphatic hydroxyl groups is 9. The van der Waals surface area contributed by atoms with E-state index in [2.05, 4.69) is 58.9 Å². The third-order valence-electron chi connectivity index (χ3n) is 23.8. The summed E-state index contributed by atoms with van der Waals surface area (Å²) in [5, 5.41) is 102. The van der Waals surface area contributed by atoms with Gasteiger partial charge in [-0.1, -0.05) is 335 Å². The van der Waals surface area contributed by atoms with Crippen molar-refractivity contribution < 1.29 is 122 Å². The number of hydrogen-bond donors (Lipinski definition) is 10. The topological polar surface area (TPSA) is 380 Å². The molecule has 120 heavy (non-hydrogen) atoms. The molecule has 0 aromatic carbocycles. The number of hydrogen-bond acceptors (Lipinski definition) is 24. The van der Waals surface area contributed by atoms with E-state index in [-0.39, 0.29) is 25.7 Å². The van der Waals surface area contributed by atoms with Crippen molar-refractivity contribution in [2.24, 2.45) is 5.92 Å². The Bertz CT molecular complexity index is 2600. The van der Waals surface area contributed by atoms with Crippen LogP contribution >= 0.6 is 7.82 Å². The highest BCUT2D eigenvalue weighted by atomic mass is 31.2. The van der Waals surface area contributed by atoms with Crippen molar-refractivity contribution >= 4 is 31.7 Å². The highest BCUT2D eigenvalue weighted by Gasteiger charge is 2.60. The summed E-state index contributed by atoms with van der Waals surface area (Å²) in [6.07, 6.45) is 31.5. The number of phosphoric acid groups is 1. The van der Waals surface area contributed by atoms with Crippen molar-refractivity contribution in [3.63, 3.8) is 0 Å². The minimum Gasteiger partial charge on any atom is -0.463 e. The molecule has 19 atom stereocenters. The number of allylic oxidation sites excluding steroid dienone is 4. The van der Waals surface area contributed by atoms with Gasteiger partial charge in [-0.05, 0) is 83.0 Å².